The summed E-state index contributed by atoms with van der Waals surface area (Å²) in [6, 6.07) is 11.1. The molecule has 30 heavy (non-hydrogen) atoms. The number of carbonyl (C=O) groups excluding carboxylic acids is 2. The Balaban J connectivity index is 1.85. The standard InChI is InChI=1S/C21H22N4O3S2/c1-3-10-22-20(28)23-17(26)13-29-21-24-18-15(19(27)25(21)11-4-2)12-16(30-18)14-8-6-5-7-9-14/h4-9,12H,2-3,10-11,13H2,1H3,(H2,22,23,26,28). The van der Waals surface area contributed by atoms with Crippen LogP contribution in [0.25, 0.3) is 20.7 Å². The number of urea groups is 1. The average molecular weight is 443 g/mol. The van der Waals surface area contributed by atoms with Crippen LogP contribution in [-0.4, -0.2) is 33.8 Å². The predicted octanol–water partition coefficient (Wildman–Crippen LogP) is 3.64. The van der Waals surface area contributed by atoms with Gasteiger partial charge >= 0.3 is 6.03 Å². The minimum absolute atomic E-state index is 0.0362. The Morgan fingerprint density at radius 1 is 1.30 bits per heavy atom. The maximum atomic E-state index is 13.0. The molecule has 0 unspecified atom stereocenters. The van der Waals surface area contributed by atoms with E-state index in [0.717, 1.165) is 28.6 Å². The molecule has 1 aromatic carbocycles. The summed E-state index contributed by atoms with van der Waals surface area (Å²) in [5.74, 6) is -0.491. The highest BCUT2D eigenvalue weighted by Crippen LogP contribution is 2.32. The maximum absolute atomic E-state index is 13.0. The molecule has 2 heterocycles. The number of thiophene rings is 1. The molecule has 0 spiro atoms. The summed E-state index contributed by atoms with van der Waals surface area (Å²) in [5.41, 5.74) is 0.837. The number of nitrogens with one attached hydrogen (secondary N) is 2. The van der Waals surface area contributed by atoms with Gasteiger partial charge in [-0.15, -0.1) is 17.9 Å². The van der Waals surface area contributed by atoms with E-state index in [4.69, 9.17) is 0 Å². The Kier molecular flexibility index (Phi) is 7.42. The number of amides is 3. The number of imide groups is 1. The first-order valence-corrected chi connectivity index (χ1v) is 11.2. The van der Waals surface area contributed by atoms with Crippen LogP contribution < -0.4 is 16.2 Å². The van der Waals surface area contributed by atoms with Crippen LogP contribution in [0, 0.1) is 0 Å². The summed E-state index contributed by atoms with van der Waals surface area (Å²) < 4.78 is 1.49. The summed E-state index contributed by atoms with van der Waals surface area (Å²) in [4.78, 5) is 42.9. The number of fused-ring (bicyclic) bond motifs is 1. The van der Waals surface area contributed by atoms with E-state index in [-0.39, 0.29) is 17.9 Å². The maximum Gasteiger partial charge on any atom is 0.321 e. The van der Waals surface area contributed by atoms with Crippen molar-refractivity contribution in [3.8, 4) is 10.4 Å². The van der Waals surface area contributed by atoms with Crippen molar-refractivity contribution in [1.29, 1.82) is 0 Å². The number of thioether (sulfide) groups is 1. The lowest BCUT2D eigenvalue weighted by Crippen LogP contribution is -2.40. The van der Waals surface area contributed by atoms with Gasteiger partial charge in [-0.2, -0.15) is 0 Å². The molecule has 0 aliphatic carbocycles. The second kappa shape index (κ2) is 10.2. The van der Waals surface area contributed by atoms with Crippen molar-refractivity contribution < 1.29 is 9.59 Å². The fraction of sp³-hybridized carbons (Fsp3) is 0.238. The molecule has 0 fully saturated rings. The number of benzene rings is 1. The van der Waals surface area contributed by atoms with Gasteiger partial charge in [0.1, 0.15) is 4.83 Å². The Hall–Kier alpha value is -2.91. The lowest BCUT2D eigenvalue weighted by Gasteiger charge is -2.10. The van der Waals surface area contributed by atoms with Gasteiger partial charge in [-0.25, -0.2) is 9.78 Å². The molecule has 7 nitrogen and oxygen atoms in total. The van der Waals surface area contributed by atoms with Gasteiger partial charge in [-0.1, -0.05) is 55.1 Å². The van der Waals surface area contributed by atoms with Crippen molar-refractivity contribution in [2.45, 2.75) is 25.0 Å². The van der Waals surface area contributed by atoms with E-state index < -0.39 is 11.9 Å². The highest BCUT2D eigenvalue weighted by atomic mass is 32.2. The molecule has 0 bridgehead atoms. The number of hydrogen-bond donors (Lipinski definition) is 2. The van der Waals surface area contributed by atoms with E-state index in [9.17, 15) is 14.4 Å². The second-order valence-corrected chi connectivity index (χ2v) is 8.36. The van der Waals surface area contributed by atoms with Crippen LogP contribution in [0.5, 0.6) is 0 Å². The van der Waals surface area contributed by atoms with Gasteiger partial charge in [0.2, 0.25) is 5.91 Å². The summed E-state index contributed by atoms with van der Waals surface area (Å²) in [7, 11) is 0. The minimum Gasteiger partial charge on any atom is -0.338 e. The number of hydrogen-bond acceptors (Lipinski definition) is 6. The first kappa shape index (κ1) is 21.8. The van der Waals surface area contributed by atoms with Gasteiger partial charge in [-0.3, -0.25) is 19.5 Å². The molecular weight excluding hydrogens is 420 g/mol. The number of carbonyl (C=O) groups is 2. The number of allylic oxidation sites excluding steroid dienone is 1. The zero-order valence-electron chi connectivity index (χ0n) is 16.5. The highest BCUT2D eigenvalue weighted by molar-refractivity contribution is 7.99. The van der Waals surface area contributed by atoms with Gasteiger partial charge in [0.05, 0.1) is 11.1 Å². The summed E-state index contributed by atoms with van der Waals surface area (Å²) >= 11 is 2.54. The zero-order valence-corrected chi connectivity index (χ0v) is 18.1. The van der Waals surface area contributed by atoms with E-state index in [1.807, 2.05) is 43.3 Å². The second-order valence-electron chi connectivity index (χ2n) is 6.39. The Morgan fingerprint density at radius 3 is 2.77 bits per heavy atom. The SMILES string of the molecule is C=CCn1c(SCC(=O)NC(=O)NCCC)nc2sc(-c3ccccc3)cc2c1=O. The molecular formula is C21H22N4O3S2. The number of nitrogens with zero attached hydrogens (tertiary/aromatic N) is 2. The third kappa shape index (κ3) is 5.17. The fourth-order valence-electron chi connectivity index (χ4n) is 2.72. The van der Waals surface area contributed by atoms with Gasteiger partial charge < -0.3 is 5.32 Å². The highest BCUT2D eigenvalue weighted by Gasteiger charge is 2.16. The van der Waals surface area contributed by atoms with Crippen LogP contribution >= 0.6 is 23.1 Å². The molecule has 2 N–H and O–H groups in total. The van der Waals surface area contributed by atoms with E-state index in [0.29, 0.717) is 21.9 Å². The average Bonchev–Trinajstić information content (AvgIpc) is 3.18. The molecule has 9 heteroatoms. The molecule has 2 aromatic heterocycles. The van der Waals surface area contributed by atoms with Gasteiger partial charge in [0.25, 0.3) is 5.56 Å². The van der Waals surface area contributed by atoms with Crippen molar-refractivity contribution in [2.24, 2.45) is 0 Å². The molecule has 0 atom stereocenters. The lowest BCUT2D eigenvalue weighted by atomic mass is 10.2. The van der Waals surface area contributed by atoms with E-state index in [1.54, 1.807) is 6.08 Å². The predicted molar refractivity (Wildman–Crippen MR) is 122 cm³/mol. The Morgan fingerprint density at radius 2 is 2.07 bits per heavy atom. The molecule has 3 amide bonds. The largest absolute Gasteiger partial charge is 0.338 e. The molecule has 0 radical (unpaired) electrons. The van der Waals surface area contributed by atoms with Crippen molar-refractivity contribution in [2.75, 3.05) is 12.3 Å². The third-order valence-electron chi connectivity index (χ3n) is 4.11. The van der Waals surface area contributed by atoms with Crippen molar-refractivity contribution in [3.63, 3.8) is 0 Å². The Bertz CT molecular complexity index is 1120. The monoisotopic (exact) mass is 442 g/mol. The smallest absolute Gasteiger partial charge is 0.321 e. The van der Waals surface area contributed by atoms with Crippen LogP contribution in [-0.2, 0) is 11.3 Å². The number of rotatable bonds is 8. The van der Waals surface area contributed by atoms with Crippen molar-refractivity contribution >= 4 is 45.3 Å². The molecule has 0 saturated carbocycles. The van der Waals surface area contributed by atoms with Crippen molar-refractivity contribution in [3.05, 3.63) is 59.4 Å². The molecule has 0 aliphatic rings. The molecule has 3 aromatic rings. The lowest BCUT2D eigenvalue weighted by molar-refractivity contribution is -0.117. The quantitative estimate of drug-likeness (QED) is 0.316. The van der Waals surface area contributed by atoms with Gasteiger partial charge in [0.15, 0.2) is 5.16 Å². The van der Waals surface area contributed by atoms with E-state index in [2.05, 4.69) is 22.2 Å². The number of aromatic nitrogens is 2. The van der Waals surface area contributed by atoms with Crippen LogP contribution in [0.1, 0.15) is 13.3 Å². The molecule has 0 saturated heterocycles. The third-order valence-corrected chi connectivity index (χ3v) is 6.16. The van der Waals surface area contributed by atoms with Crippen LogP contribution in [0.15, 0.2) is 59.0 Å². The normalized spacial score (nSPS) is 10.7. The molecule has 156 valence electrons. The summed E-state index contributed by atoms with van der Waals surface area (Å²) in [6.45, 7) is 6.40. The van der Waals surface area contributed by atoms with E-state index >= 15 is 0 Å². The first-order chi connectivity index (χ1) is 14.5. The van der Waals surface area contributed by atoms with Crippen LogP contribution in [0.3, 0.4) is 0 Å². The first-order valence-electron chi connectivity index (χ1n) is 9.44. The molecule has 3 rings (SSSR count). The summed E-state index contributed by atoms with van der Waals surface area (Å²) in [6.07, 6.45) is 2.39. The fourth-order valence-corrected chi connectivity index (χ4v) is 4.60. The topological polar surface area (TPSA) is 93.1 Å². The van der Waals surface area contributed by atoms with Crippen LogP contribution in [0.4, 0.5) is 4.79 Å². The van der Waals surface area contributed by atoms with Crippen molar-refractivity contribution in [1.82, 2.24) is 20.2 Å². The summed E-state index contributed by atoms with van der Waals surface area (Å²) in [5, 5.41) is 5.80. The minimum atomic E-state index is -0.528. The van der Waals surface area contributed by atoms with Gasteiger partial charge in [-0.05, 0) is 18.1 Å². The molecule has 0 aliphatic heterocycles. The van der Waals surface area contributed by atoms with E-state index in [1.165, 1.54) is 15.9 Å². The van der Waals surface area contributed by atoms with Crippen LogP contribution in [0.2, 0.25) is 0 Å². The zero-order chi connectivity index (χ0) is 21.5. The Labute approximate surface area is 182 Å². The van der Waals surface area contributed by atoms with Gasteiger partial charge in [0, 0.05) is 18.0 Å².